The summed E-state index contributed by atoms with van der Waals surface area (Å²) in [5, 5.41) is 13.9. The molecule has 3 aromatic rings. The van der Waals surface area contributed by atoms with Crippen LogP contribution in [0, 0.1) is 17.0 Å². The van der Waals surface area contributed by atoms with Gasteiger partial charge < -0.3 is 5.32 Å². The molecule has 0 aliphatic carbocycles. The second kappa shape index (κ2) is 8.49. The average Bonchev–Trinajstić information content (AvgIpc) is 3.07. The van der Waals surface area contributed by atoms with Gasteiger partial charge in [-0.15, -0.1) is 11.3 Å². The minimum atomic E-state index is -0.421. The predicted molar refractivity (Wildman–Crippen MR) is 109 cm³/mol. The minimum absolute atomic E-state index is 0.0169. The Morgan fingerprint density at radius 3 is 2.70 bits per heavy atom. The molecule has 0 radical (unpaired) electrons. The molecule has 1 aromatic heterocycles. The number of amides is 1. The predicted octanol–water partition coefficient (Wildman–Crippen LogP) is 4.87. The van der Waals surface area contributed by atoms with E-state index in [1.807, 2.05) is 38.1 Å². The van der Waals surface area contributed by atoms with Crippen LogP contribution < -0.4 is 5.32 Å². The fourth-order valence-electron chi connectivity index (χ4n) is 2.65. The van der Waals surface area contributed by atoms with Crippen molar-refractivity contribution in [3.8, 4) is 0 Å². The van der Waals surface area contributed by atoms with Gasteiger partial charge in [0.05, 0.1) is 26.9 Å². The summed E-state index contributed by atoms with van der Waals surface area (Å²) in [7, 11) is 0. The van der Waals surface area contributed by atoms with Crippen molar-refractivity contribution >= 4 is 44.9 Å². The third-order valence-corrected chi connectivity index (χ3v) is 6.27. The Morgan fingerprint density at radius 2 is 2.04 bits per heavy atom. The Balaban J connectivity index is 1.62. The van der Waals surface area contributed by atoms with Crippen molar-refractivity contribution in [3.63, 3.8) is 0 Å². The molecule has 0 aliphatic rings. The lowest BCUT2D eigenvalue weighted by atomic mass is 10.0. The number of aryl methyl sites for hydroxylation is 1. The third kappa shape index (κ3) is 4.84. The van der Waals surface area contributed by atoms with E-state index >= 15 is 0 Å². The van der Waals surface area contributed by atoms with Gasteiger partial charge in [0.1, 0.15) is 0 Å². The Hall–Kier alpha value is -2.45. The number of thioether (sulfide) groups is 1. The van der Waals surface area contributed by atoms with Gasteiger partial charge >= 0.3 is 0 Å². The number of hydrogen-bond acceptors (Lipinski definition) is 6. The number of hydrogen-bond donors (Lipinski definition) is 1. The van der Waals surface area contributed by atoms with Crippen molar-refractivity contribution in [2.24, 2.45) is 0 Å². The van der Waals surface area contributed by atoms with E-state index in [0.717, 1.165) is 21.0 Å². The lowest BCUT2D eigenvalue weighted by Gasteiger charge is -2.17. The van der Waals surface area contributed by atoms with Crippen LogP contribution in [0.3, 0.4) is 0 Å². The highest BCUT2D eigenvalue weighted by Crippen LogP contribution is 2.31. The summed E-state index contributed by atoms with van der Waals surface area (Å²) in [4.78, 5) is 27.2. The minimum Gasteiger partial charge on any atom is -0.349 e. The fraction of sp³-hybridized carbons (Fsp3) is 0.263. The first-order valence-electron chi connectivity index (χ1n) is 8.50. The van der Waals surface area contributed by atoms with Crippen molar-refractivity contribution in [1.82, 2.24) is 10.3 Å². The molecular formula is C19H19N3O3S2. The van der Waals surface area contributed by atoms with Crippen molar-refractivity contribution in [1.29, 1.82) is 0 Å². The van der Waals surface area contributed by atoms with Gasteiger partial charge in [-0.25, -0.2) is 4.98 Å². The van der Waals surface area contributed by atoms with E-state index in [2.05, 4.69) is 10.3 Å². The van der Waals surface area contributed by atoms with Crippen LogP contribution in [0.25, 0.3) is 10.2 Å². The van der Waals surface area contributed by atoms with Crippen LogP contribution in [0.2, 0.25) is 0 Å². The van der Waals surface area contributed by atoms with Crippen LogP contribution >= 0.6 is 23.1 Å². The van der Waals surface area contributed by atoms with Gasteiger partial charge in [0.15, 0.2) is 4.34 Å². The first kappa shape index (κ1) is 19.3. The molecular weight excluding hydrogens is 382 g/mol. The van der Waals surface area contributed by atoms with E-state index in [4.69, 9.17) is 0 Å². The molecule has 1 heterocycles. The summed E-state index contributed by atoms with van der Waals surface area (Å²) in [5.74, 6) is 0.197. The number of nitrogens with one attached hydrogen (secondary N) is 1. The lowest BCUT2D eigenvalue weighted by Crippen LogP contribution is -2.29. The summed E-state index contributed by atoms with van der Waals surface area (Å²) in [5.41, 5.74) is 3.03. The van der Waals surface area contributed by atoms with Crippen molar-refractivity contribution in [2.45, 2.75) is 30.6 Å². The number of carbonyl (C=O) groups excluding carboxylic acids is 1. The Labute approximate surface area is 165 Å². The number of thiazole rings is 1. The zero-order valence-corrected chi connectivity index (χ0v) is 16.6. The van der Waals surface area contributed by atoms with Crippen LogP contribution in [0.15, 0.2) is 46.8 Å². The molecule has 0 saturated heterocycles. The molecule has 3 rings (SSSR count). The molecule has 0 saturated carbocycles. The Kier molecular flexibility index (Phi) is 6.08. The number of aromatic nitrogens is 1. The highest BCUT2D eigenvalue weighted by atomic mass is 32.2. The summed E-state index contributed by atoms with van der Waals surface area (Å²) in [6.07, 6.45) is 0.810. The quantitative estimate of drug-likeness (QED) is 0.347. The molecule has 0 bridgehead atoms. The first-order chi connectivity index (χ1) is 13.0. The highest BCUT2D eigenvalue weighted by Gasteiger charge is 2.15. The standard InChI is InChI=1S/C19H19N3O3S2/c1-3-15(13-6-4-12(2)5-7-13)20-18(23)11-26-19-21-16-9-8-14(22(24)25)10-17(16)27-19/h4-10,15H,3,11H2,1-2H3,(H,20,23)/t15-/m1/s1. The number of nitro benzene ring substituents is 1. The number of nitro groups is 1. The highest BCUT2D eigenvalue weighted by molar-refractivity contribution is 8.01. The molecule has 6 nitrogen and oxygen atoms in total. The van der Waals surface area contributed by atoms with Crippen molar-refractivity contribution < 1.29 is 9.72 Å². The van der Waals surface area contributed by atoms with E-state index in [1.165, 1.54) is 40.8 Å². The van der Waals surface area contributed by atoms with Crippen molar-refractivity contribution in [3.05, 3.63) is 63.7 Å². The van der Waals surface area contributed by atoms with Gasteiger partial charge in [-0.3, -0.25) is 14.9 Å². The average molecular weight is 402 g/mol. The summed E-state index contributed by atoms with van der Waals surface area (Å²) in [6.45, 7) is 4.07. The lowest BCUT2D eigenvalue weighted by molar-refractivity contribution is -0.384. The number of carbonyl (C=O) groups is 1. The summed E-state index contributed by atoms with van der Waals surface area (Å²) < 4.78 is 1.47. The van der Waals surface area contributed by atoms with Crippen LogP contribution in [0.4, 0.5) is 5.69 Å². The summed E-state index contributed by atoms with van der Waals surface area (Å²) >= 11 is 2.71. The van der Waals surface area contributed by atoms with E-state index in [-0.39, 0.29) is 23.4 Å². The molecule has 2 aromatic carbocycles. The maximum atomic E-state index is 12.3. The third-order valence-electron chi connectivity index (χ3n) is 4.11. The van der Waals surface area contributed by atoms with Crippen LogP contribution in [0.1, 0.15) is 30.5 Å². The molecule has 0 unspecified atom stereocenters. The van der Waals surface area contributed by atoms with Gasteiger partial charge in [0.2, 0.25) is 5.91 Å². The topological polar surface area (TPSA) is 85.1 Å². The normalized spacial score (nSPS) is 12.1. The van der Waals surface area contributed by atoms with Crippen LogP contribution in [-0.4, -0.2) is 21.6 Å². The molecule has 0 fully saturated rings. The largest absolute Gasteiger partial charge is 0.349 e. The number of rotatable bonds is 7. The second-order valence-electron chi connectivity index (χ2n) is 6.12. The number of non-ortho nitro benzene ring substituents is 1. The van der Waals surface area contributed by atoms with Gasteiger partial charge in [-0.1, -0.05) is 48.5 Å². The zero-order chi connectivity index (χ0) is 19.4. The van der Waals surface area contributed by atoms with Crippen molar-refractivity contribution in [2.75, 3.05) is 5.75 Å². The fourth-order valence-corrected chi connectivity index (χ4v) is 4.56. The molecule has 27 heavy (non-hydrogen) atoms. The first-order valence-corrected chi connectivity index (χ1v) is 10.3. The molecule has 8 heteroatoms. The number of nitrogens with zero attached hydrogens (tertiary/aromatic N) is 2. The number of fused-ring (bicyclic) bond motifs is 1. The summed E-state index contributed by atoms with van der Waals surface area (Å²) in [6, 6.07) is 12.7. The molecule has 1 atom stereocenters. The molecule has 140 valence electrons. The maximum absolute atomic E-state index is 12.3. The zero-order valence-electron chi connectivity index (χ0n) is 15.0. The van der Waals surface area contributed by atoms with E-state index in [0.29, 0.717) is 5.52 Å². The molecule has 1 amide bonds. The second-order valence-corrected chi connectivity index (χ2v) is 8.37. The van der Waals surface area contributed by atoms with Gasteiger partial charge in [0, 0.05) is 12.1 Å². The van der Waals surface area contributed by atoms with Crippen LogP contribution in [-0.2, 0) is 4.79 Å². The van der Waals surface area contributed by atoms with Crippen LogP contribution in [0.5, 0.6) is 0 Å². The number of benzene rings is 2. The SMILES string of the molecule is CC[C@@H](NC(=O)CSc1nc2ccc([N+](=O)[O-])cc2s1)c1ccc(C)cc1. The van der Waals surface area contributed by atoms with E-state index in [9.17, 15) is 14.9 Å². The molecule has 0 aliphatic heterocycles. The smallest absolute Gasteiger partial charge is 0.270 e. The van der Waals surface area contributed by atoms with Gasteiger partial charge in [0.25, 0.3) is 5.69 Å². The maximum Gasteiger partial charge on any atom is 0.270 e. The van der Waals surface area contributed by atoms with E-state index < -0.39 is 4.92 Å². The van der Waals surface area contributed by atoms with Gasteiger partial charge in [-0.05, 0) is 25.0 Å². The Morgan fingerprint density at radius 1 is 1.30 bits per heavy atom. The monoisotopic (exact) mass is 401 g/mol. The molecule has 1 N–H and O–H groups in total. The van der Waals surface area contributed by atoms with E-state index in [1.54, 1.807) is 6.07 Å². The Bertz CT molecular complexity index is 970. The molecule has 0 spiro atoms. The van der Waals surface area contributed by atoms with Gasteiger partial charge in [-0.2, -0.15) is 0 Å².